The van der Waals surface area contributed by atoms with Crippen molar-refractivity contribution in [3.63, 3.8) is 0 Å². The van der Waals surface area contributed by atoms with Crippen LogP contribution < -0.4 is 4.90 Å². The predicted octanol–water partition coefficient (Wildman–Crippen LogP) is 3.98. The summed E-state index contributed by atoms with van der Waals surface area (Å²) in [5.41, 5.74) is 2.91. The minimum atomic E-state index is -0.831. The number of fused-ring (bicyclic) bond motifs is 1. The van der Waals surface area contributed by atoms with Gasteiger partial charge in [-0.2, -0.15) is 0 Å². The van der Waals surface area contributed by atoms with E-state index in [-0.39, 0.29) is 5.91 Å². The van der Waals surface area contributed by atoms with Crippen LogP contribution in [0.15, 0.2) is 59.1 Å². The summed E-state index contributed by atoms with van der Waals surface area (Å²) in [7, 11) is 0. The monoisotopic (exact) mass is 399 g/mol. The van der Waals surface area contributed by atoms with Gasteiger partial charge in [-0.1, -0.05) is 52.3 Å². The van der Waals surface area contributed by atoms with E-state index < -0.39 is 12.1 Å². The lowest BCUT2D eigenvalue weighted by Gasteiger charge is -2.21. The second-order valence-corrected chi connectivity index (χ2v) is 6.66. The molecule has 1 aliphatic rings. The van der Waals surface area contributed by atoms with Gasteiger partial charge in [0.05, 0.1) is 0 Å². The molecule has 0 unspecified atom stereocenters. The molecule has 0 radical (unpaired) electrons. The summed E-state index contributed by atoms with van der Waals surface area (Å²) in [4.78, 5) is 26.3. The number of anilines is 1. The van der Waals surface area contributed by atoms with Crippen molar-refractivity contribution in [1.82, 2.24) is 0 Å². The zero-order valence-electron chi connectivity index (χ0n) is 13.8. The first-order valence-corrected chi connectivity index (χ1v) is 8.88. The normalized spacial score (nSPS) is 14.4. The average molecular weight is 400 g/mol. The third kappa shape index (κ3) is 3.99. The SMILES string of the molecule is C[C@@H](OC(=O)/C=C/c1ccccc1Br)C(=O)N1CCc2ccccc21. The van der Waals surface area contributed by atoms with Crippen LogP contribution >= 0.6 is 15.9 Å². The van der Waals surface area contributed by atoms with Gasteiger partial charge in [0.25, 0.3) is 5.91 Å². The van der Waals surface area contributed by atoms with Crippen LogP contribution in [0.5, 0.6) is 0 Å². The summed E-state index contributed by atoms with van der Waals surface area (Å²) in [6.45, 7) is 2.22. The van der Waals surface area contributed by atoms with Gasteiger partial charge in [0, 0.05) is 22.8 Å². The Morgan fingerprint density at radius 2 is 1.88 bits per heavy atom. The van der Waals surface area contributed by atoms with Crippen molar-refractivity contribution < 1.29 is 14.3 Å². The fraction of sp³-hybridized carbons (Fsp3) is 0.200. The minimum Gasteiger partial charge on any atom is -0.449 e. The van der Waals surface area contributed by atoms with Gasteiger partial charge < -0.3 is 9.64 Å². The molecule has 0 saturated carbocycles. The Balaban J connectivity index is 1.62. The van der Waals surface area contributed by atoms with E-state index in [1.807, 2.05) is 48.5 Å². The van der Waals surface area contributed by atoms with Gasteiger partial charge in [-0.25, -0.2) is 4.79 Å². The molecule has 5 heteroatoms. The van der Waals surface area contributed by atoms with Crippen LogP contribution in [0.1, 0.15) is 18.1 Å². The molecular formula is C20H18BrNO3. The number of ether oxygens (including phenoxy) is 1. The van der Waals surface area contributed by atoms with E-state index in [2.05, 4.69) is 15.9 Å². The first kappa shape index (κ1) is 17.4. The molecule has 4 nitrogen and oxygen atoms in total. The fourth-order valence-electron chi connectivity index (χ4n) is 2.82. The van der Waals surface area contributed by atoms with Crippen molar-refractivity contribution in [2.45, 2.75) is 19.4 Å². The number of amides is 1. The molecule has 0 spiro atoms. The standard InChI is InChI=1S/C20H18BrNO3/c1-14(20(24)22-13-12-16-7-3-5-9-18(16)22)25-19(23)11-10-15-6-2-4-8-17(15)21/h2-11,14H,12-13H2,1H3/b11-10+/t14-/m1/s1. The van der Waals surface area contributed by atoms with E-state index in [1.165, 1.54) is 6.08 Å². The van der Waals surface area contributed by atoms with Crippen LogP contribution in [0, 0.1) is 0 Å². The van der Waals surface area contributed by atoms with Gasteiger partial charge in [0.1, 0.15) is 0 Å². The first-order chi connectivity index (χ1) is 12.1. The van der Waals surface area contributed by atoms with Crippen molar-refractivity contribution in [3.8, 4) is 0 Å². The van der Waals surface area contributed by atoms with Gasteiger partial charge in [-0.05, 0) is 42.7 Å². The summed E-state index contributed by atoms with van der Waals surface area (Å²) in [5, 5.41) is 0. The quantitative estimate of drug-likeness (QED) is 0.576. The van der Waals surface area contributed by atoms with Crippen molar-refractivity contribution in [2.24, 2.45) is 0 Å². The predicted molar refractivity (Wildman–Crippen MR) is 101 cm³/mol. The topological polar surface area (TPSA) is 46.6 Å². The number of rotatable bonds is 4. The lowest BCUT2D eigenvalue weighted by atomic mass is 10.2. The van der Waals surface area contributed by atoms with Crippen LogP contribution in [0.25, 0.3) is 6.08 Å². The number of benzene rings is 2. The number of halogens is 1. The van der Waals surface area contributed by atoms with Crippen molar-refractivity contribution in [2.75, 3.05) is 11.4 Å². The van der Waals surface area contributed by atoms with Gasteiger partial charge in [0.15, 0.2) is 6.10 Å². The highest BCUT2D eigenvalue weighted by Crippen LogP contribution is 2.28. The Morgan fingerprint density at radius 3 is 2.68 bits per heavy atom. The second kappa shape index (κ2) is 7.66. The molecule has 0 aliphatic carbocycles. The molecule has 0 fully saturated rings. The number of esters is 1. The number of para-hydroxylation sites is 1. The third-order valence-electron chi connectivity index (χ3n) is 4.10. The fourth-order valence-corrected chi connectivity index (χ4v) is 3.24. The minimum absolute atomic E-state index is 0.201. The van der Waals surface area contributed by atoms with E-state index in [0.717, 1.165) is 27.7 Å². The maximum absolute atomic E-state index is 12.6. The number of nitrogens with zero attached hydrogens (tertiary/aromatic N) is 1. The van der Waals surface area contributed by atoms with Crippen LogP contribution in [-0.2, 0) is 20.7 Å². The molecular weight excluding hydrogens is 382 g/mol. The van der Waals surface area contributed by atoms with Gasteiger partial charge in [-0.15, -0.1) is 0 Å². The van der Waals surface area contributed by atoms with E-state index in [9.17, 15) is 9.59 Å². The molecule has 2 aromatic carbocycles. The second-order valence-electron chi connectivity index (χ2n) is 5.80. The molecule has 0 bridgehead atoms. The Morgan fingerprint density at radius 1 is 1.16 bits per heavy atom. The maximum atomic E-state index is 12.6. The summed E-state index contributed by atoms with van der Waals surface area (Å²) in [6, 6.07) is 15.3. The first-order valence-electron chi connectivity index (χ1n) is 8.09. The largest absolute Gasteiger partial charge is 0.449 e. The molecule has 2 aromatic rings. The van der Waals surface area contributed by atoms with Crippen LogP contribution in [0.3, 0.4) is 0 Å². The molecule has 1 atom stereocenters. The third-order valence-corrected chi connectivity index (χ3v) is 4.82. The summed E-state index contributed by atoms with van der Waals surface area (Å²) in [5.74, 6) is -0.739. The Bertz CT molecular complexity index is 831. The molecule has 0 saturated heterocycles. The number of carbonyl (C=O) groups is 2. The molecule has 0 N–H and O–H groups in total. The molecule has 1 aliphatic heterocycles. The lowest BCUT2D eigenvalue weighted by Crippen LogP contribution is -2.38. The van der Waals surface area contributed by atoms with E-state index in [0.29, 0.717) is 6.54 Å². The zero-order valence-corrected chi connectivity index (χ0v) is 15.4. The van der Waals surface area contributed by atoms with E-state index in [1.54, 1.807) is 17.9 Å². The number of hydrogen-bond acceptors (Lipinski definition) is 3. The molecule has 25 heavy (non-hydrogen) atoms. The summed E-state index contributed by atoms with van der Waals surface area (Å²) in [6.07, 6.45) is 2.99. The summed E-state index contributed by atoms with van der Waals surface area (Å²) < 4.78 is 6.15. The van der Waals surface area contributed by atoms with Crippen LogP contribution in [-0.4, -0.2) is 24.5 Å². The lowest BCUT2D eigenvalue weighted by molar-refractivity contribution is -0.149. The highest BCUT2D eigenvalue weighted by atomic mass is 79.9. The highest BCUT2D eigenvalue weighted by molar-refractivity contribution is 9.10. The Kier molecular flexibility index (Phi) is 5.34. The maximum Gasteiger partial charge on any atom is 0.331 e. The Hall–Kier alpha value is -2.40. The highest BCUT2D eigenvalue weighted by Gasteiger charge is 2.29. The Labute approximate surface area is 155 Å². The van der Waals surface area contributed by atoms with Crippen molar-refractivity contribution in [1.29, 1.82) is 0 Å². The van der Waals surface area contributed by atoms with E-state index in [4.69, 9.17) is 4.74 Å². The number of hydrogen-bond donors (Lipinski definition) is 0. The van der Waals surface area contributed by atoms with Crippen LogP contribution in [0.2, 0.25) is 0 Å². The van der Waals surface area contributed by atoms with Gasteiger partial charge >= 0.3 is 5.97 Å². The molecule has 128 valence electrons. The molecule has 3 rings (SSSR count). The van der Waals surface area contributed by atoms with Crippen LogP contribution in [0.4, 0.5) is 5.69 Å². The summed E-state index contributed by atoms with van der Waals surface area (Å²) >= 11 is 3.42. The number of carbonyl (C=O) groups excluding carboxylic acids is 2. The van der Waals surface area contributed by atoms with Crippen molar-refractivity contribution >= 4 is 39.6 Å². The van der Waals surface area contributed by atoms with Gasteiger partial charge in [-0.3, -0.25) is 4.79 Å². The smallest absolute Gasteiger partial charge is 0.331 e. The van der Waals surface area contributed by atoms with Gasteiger partial charge in [0.2, 0.25) is 0 Å². The van der Waals surface area contributed by atoms with Crippen molar-refractivity contribution in [3.05, 3.63) is 70.2 Å². The molecule has 1 heterocycles. The van der Waals surface area contributed by atoms with E-state index >= 15 is 0 Å². The zero-order chi connectivity index (χ0) is 17.8. The molecule has 0 aromatic heterocycles. The molecule has 1 amide bonds. The average Bonchev–Trinajstić information content (AvgIpc) is 3.04.